The first-order valence-corrected chi connectivity index (χ1v) is 6.68. The van der Waals surface area contributed by atoms with E-state index < -0.39 is 5.54 Å². The van der Waals surface area contributed by atoms with E-state index in [0.29, 0.717) is 5.71 Å². The summed E-state index contributed by atoms with van der Waals surface area (Å²) in [6.45, 7) is 1.61. The average Bonchev–Trinajstić information content (AvgIpc) is 2.64. The van der Waals surface area contributed by atoms with Gasteiger partial charge in [-0.2, -0.15) is 10.6 Å². The van der Waals surface area contributed by atoms with E-state index in [1.807, 2.05) is 30.5 Å². The molecular formula is C12H15N3O2S. The number of likely N-dealkylation sites (N-methyl/N-ethyl adjacent to an activating group) is 1. The van der Waals surface area contributed by atoms with Crippen molar-refractivity contribution in [3.63, 3.8) is 0 Å². The summed E-state index contributed by atoms with van der Waals surface area (Å²) in [6.07, 6.45) is 2.00. The molecule has 0 aromatic heterocycles. The number of amides is 1. The first kappa shape index (κ1) is 13.1. The molecule has 1 aromatic rings. The third kappa shape index (κ3) is 1.92. The molecule has 0 radical (unpaired) electrons. The van der Waals surface area contributed by atoms with Crippen molar-refractivity contribution >= 4 is 23.4 Å². The van der Waals surface area contributed by atoms with E-state index in [9.17, 15) is 10.0 Å². The highest BCUT2D eigenvalue weighted by molar-refractivity contribution is 7.98. The molecule has 0 bridgehead atoms. The molecule has 5 nitrogen and oxygen atoms in total. The van der Waals surface area contributed by atoms with Crippen LogP contribution in [0, 0.1) is 0 Å². The van der Waals surface area contributed by atoms with Gasteiger partial charge >= 0.3 is 0 Å². The Balaban J connectivity index is 2.42. The SMILES string of the molecule is CSc1ccc(C2=NN(C)C(=O)C2(C)NO)cc1. The second kappa shape index (κ2) is 4.72. The number of nitrogens with one attached hydrogen (secondary N) is 1. The number of hydrogen-bond acceptors (Lipinski definition) is 5. The van der Waals surface area contributed by atoms with Gasteiger partial charge in [0.2, 0.25) is 0 Å². The maximum Gasteiger partial charge on any atom is 0.270 e. The highest BCUT2D eigenvalue weighted by Gasteiger charge is 2.46. The van der Waals surface area contributed by atoms with Crippen LogP contribution < -0.4 is 5.48 Å². The molecule has 0 aliphatic carbocycles. The molecular weight excluding hydrogens is 250 g/mol. The van der Waals surface area contributed by atoms with Crippen LogP contribution in [0.1, 0.15) is 12.5 Å². The van der Waals surface area contributed by atoms with E-state index in [-0.39, 0.29) is 5.91 Å². The Labute approximate surface area is 110 Å². The van der Waals surface area contributed by atoms with Crippen LogP contribution in [0.5, 0.6) is 0 Å². The zero-order valence-electron chi connectivity index (χ0n) is 10.5. The number of carbonyl (C=O) groups is 1. The molecule has 0 spiro atoms. The van der Waals surface area contributed by atoms with E-state index in [4.69, 9.17) is 0 Å². The van der Waals surface area contributed by atoms with Gasteiger partial charge in [0.15, 0.2) is 5.54 Å². The number of hydrazone groups is 1. The molecule has 1 aliphatic heterocycles. The van der Waals surface area contributed by atoms with Crippen molar-refractivity contribution in [1.82, 2.24) is 10.5 Å². The number of hydrogen-bond donors (Lipinski definition) is 2. The molecule has 1 aromatic carbocycles. The zero-order chi connectivity index (χ0) is 13.3. The van der Waals surface area contributed by atoms with E-state index in [1.54, 1.807) is 25.7 Å². The normalized spacial score (nSPS) is 23.4. The maximum atomic E-state index is 11.9. The van der Waals surface area contributed by atoms with Gasteiger partial charge in [-0.05, 0) is 25.3 Å². The second-order valence-corrected chi connectivity index (χ2v) is 5.12. The number of hydroxylamine groups is 1. The Morgan fingerprint density at radius 1 is 1.39 bits per heavy atom. The van der Waals surface area contributed by atoms with Crippen LogP contribution in [-0.2, 0) is 4.79 Å². The average molecular weight is 265 g/mol. The number of carbonyl (C=O) groups excluding carboxylic acids is 1. The van der Waals surface area contributed by atoms with Crippen LogP contribution in [0.3, 0.4) is 0 Å². The maximum absolute atomic E-state index is 11.9. The lowest BCUT2D eigenvalue weighted by Crippen LogP contribution is -2.53. The zero-order valence-corrected chi connectivity index (χ0v) is 11.3. The molecule has 1 aliphatic rings. The van der Waals surface area contributed by atoms with Crippen LogP contribution in [0.4, 0.5) is 0 Å². The molecule has 0 saturated heterocycles. The van der Waals surface area contributed by atoms with E-state index in [1.165, 1.54) is 5.01 Å². The van der Waals surface area contributed by atoms with Crippen molar-refractivity contribution < 1.29 is 10.0 Å². The molecule has 1 amide bonds. The molecule has 6 heteroatoms. The second-order valence-electron chi connectivity index (χ2n) is 4.24. The van der Waals surface area contributed by atoms with E-state index in [2.05, 4.69) is 10.6 Å². The van der Waals surface area contributed by atoms with Crippen LogP contribution in [0.25, 0.3) is 0 Å². The van der Waals surface area contributed by atoms with Gasteiger partial charge in [0, 0.05) is 17.5 Å². The van der Waals surface area contributed by atoms with Crippen LogP contribution >= 0.6 is 11.8 Å². The fourth-order valence-electron chi connectivity index (χ4n) is 1.92. The van der Waals surface area contributed by atoms with Crippen molar-refractivity contribution in [3.05, 3.63) is 29.8 Å². The van der Waals surface area contributed by atoms with Crippen LogP contribution in [0.15, 0.2) is 34.3 Å². The minimum absolute atomic E-state index is 0.283. The fraction of sp³-hybridized carbons (Fsp3) is 0.333. The molecule has 0 fully saturated rings. The molecule has 1 unspecified atom stereocenters. The Bertz CT molecular complexity index is 501. The summed E-state index contributed by atoms with van der Waals surface area (Å²) in [5.74, 6) is -0.283. The Hall–Kier alpha value is -1.37. The van der Waals surface area contributed by atoms with E-state index >= 15 is 0 Å². The minimum atomic E-state index is -1.18. The molecule has 2 N–H and O–H groups in total. The third-order valence-electron chi connectivity index (χ3n) is 3.03. The Kier molecular flexibility index (Phi) is 3.43. The standard InChI is InChI=1S/C12H15N3O2S/c1-12(14-17)10(13-15(2)11(12)16)8-4-6-9(18-3)7-5-8/h4-7,14,17H,1-3H3. The molecule has 96 valence electrons. The quantitative estimate of drug-likeness (QED) is 0.639. The van der Waals surface area contributed by atoms with Gasteiger partial charge < -0.3 is 5.21 Å². The van der Waals surface area contributed by atoms with Gasteiger partial charge in [-0.3, -0.25) is 4.79 Å². The topological polar surface area (TPSA) is 64.9 Å². The Morgan fingerprint density at radius 3 is 2.50 bits per heavy atom. The van der Waals surface area contributed by atoms with Crippen molar-refractivity contribution in [2.75, 3.05) is 13.3 Å². The number of rotatable bonds is 3. The summed E-state index contributed by atoms with van der Waals surface area (Å²) < 4.78 is 0. The summed E-state index contributed by atoms with van der Waals surface area (Å²) in [4.78, 5) is 13.1. The summed E-state index contributed by atoms with van der Waals surface area (Å²) in [6, 6.07) is 7.71. The van der Waals surface area contributed by atoms with Crippen molar-refractivity contribution in [1.29, 1.82) is 0 Å². The molecule has 18 heavy (non-hydrogen) atoms. The lowest BCUT2D eigenvalue weighted by Gasteiger charge is -2.21. The third-order valence-corrected chi connectivity index (χ3v) is 3.78. The highest BCUT2D eigenvalue weighted by atomic mass is 32.2. The van der Waals surface area contributed by atoms with E-state index in [0.717, 1.165) is 10.5 Å². The molecule has 0 saturated carbocycles. The van der Waals surface area contributed by atoms with Gasteiger partial charge in [-0.1, -0.05) is 12.1 Å². The minimum Gasteiger partial charge on any atom is -0.315 e. The predicted molar refractivity (Wildman–Crippen MR) is 70.9 cm³/mol. The number of nitrogens with zero attached hydrogens (tertiary/aromatic N) is 2. The van der Waals surface area contributed by atoms with Crippen molar-refractivity contribution in [2.24, 2.45) is 5.10 Å². The largest absolute Gasteiger partial charge is 0.315 e. The first-order chi connectivity index (χ1) is 8.52. The molecule has 1 heterocycles. The lowest BCUT2D eigenvalue weighted by atomic mass is 9.91. The van der Waals surface area contributed by atoms with Crippen LogP contribution in [-0.4, -0.2) is 40.7 Å². The van der Waals surface area contributed by atoms with Gasteiger partial charge in [0.1, 0.15) is 0 Å². The molecule has 1 atom stereocenters. The molecule has 2 rings (SSSR count). The van der Waals surface area contributed by atoms with Gasteiger partial charge in [-0.25, -0.2) is 5.01 Å². The Morgan fingerprint density at radius 2 is 2.00 bits per heavy atom. The number of benzene rings is 1. The van der Waals surface area contributed by atoms with Crippen molar-refractivity contribution in [2.45, 2.75) is 17.4 Å². The summed E-state index contributed by atoms with van der Waals surface area (Å²) >= 11 is 1.64. The van der Waals surface area contributed by atoms with Gasteiger partial charge in [-0.15, -0.1) is 11.8 Å². The van der Waals surface area contributed by atoms with Gasteiger partial charge in [0.25, 0.3) is 5.91 Å². The predicted octanol–water partition coefficient (Wildman–Crippen LogP) is 1.32. The first-order valence-electron chi connectivity index (χ1n) is 5.46. The smallest absolute Gasteiger partial charge is 0.270 e. The van der Waals surface area contributed by atoms with Crippen LogP contribution in [0.2, 0.25) is 0 Å². The monoisotopic (exact) mass is 265 g/mol. The summed E-state index contributed by atoms with van der Waals surface area (Å²) in [5, 5.41) is 14.7. The van der Waals surface area contributed by atoms with Gasteiger partial charge in [0.05, 0.1) is 5.71 Å². The summed E-state index contributed by atoms with van der Waals surface area (Å²) in [5.41, 5.74) is 2.22. The lowest BCUT2D eigenvalue weighted by molar-refractivity contribution is -0.134. The number of thioether (sulfide) groups is 1. The highest BCUT2D eigenvalue weighted by Crippen LogP contribution is 2.25. The fourth-order valence-corrected chi connectivity index (χ4v) is 2.32. The summed E-state index contributed by atoms with van der Waals surface area (Å²) in [7, 11) is 1.57. The van der Waals surface area contributed by atoms with Crippen molar-refractivity contribution in [3.8, 4) is 0 Å².